The van der Waals surface area contributed by atoms with E-state index in [0.717, 1.165) is 19.3 Å². The zero-order valence-electron chi connectivity index (χ0n) is 17.8. The number of benzene rings is 2. The van der Waals surface area contributed by atoms with Crippen molar-refractivity contribution in [2.24, 2.45) is 5.92 Å². The standard InChI is InChI=1S/C23H20F8O3/c1-2-3-12-4-5-19(32-10-12)13-6-15(24)21(16(25)7-13)23(30,31)34-14-8-17(26)22(18(27)9-14)33-11-20(28)29/h6-9,11-12,19H,2-5,10H2,1H3. The lowest BCUT2D eigenvalue weighted by Gasteiger charge is -2.29. The Hall–Kier alpha value is -2.82. The minimum Gasteiger partial charge on any atom is -0.453 e. The maximum absolute atomic E-state index is 14.6. The quantitative estimate of drug-likeness (QED) is 0.276. The fourth-order valence-corrected chi connectivity index (χ4v) is 3.77. The molecule has 186 valence electrons. The zero-order valence-corrected chi connectivity index (χ0v) is 17.8. The Labute approximate surface area is 189 Å². The molecule has 2 atom stereocenters. The molecule has 2 unspecified atom stereocenters. The van der Waals surface area contributed by atoms with E-state index in [1.165, 1.54) is 0 Å². The van der Waals surface area contributed by atoms with E-state index in [1.807, 2.05) is 6.92 Å². The molecular weight excluding hydrogens is 476 g/mol. The van der Waals surface area contributed by atoms with Gasteiger partial charge in [-0.25, -0.2) is 17.6 Å². The molecule has 11 heteroatoms. The summed E-state index contributed by atoms with van der Waals surface area (Å²) in [7, 11) is 0. The van der Waals surface area contributed by atoms with Crippen molar-refractivity contribution in [1.29, 1.82) is 0 Å². The molecule has 3 nitrogen and oxygen atoms in total. The Balaban J connectivity index is 1.81. The van der Waals surface area contributed by atoms with Crippen LogP contribution in [-0.2, 0) is 10.8 Å². The van der Waals surface area contributed by atoms with Crippen molar-refractivity contribution < 1.29 is 49.3 Å². The molecule has 0 amide bonds. The molecule has 0 bridgehead atoms. The van der Waals surface area contributed by atoms with Crippen LogP contribution in [0.2, 0.25) is 0 Å². The van der Waals surface area contributed by atoms with Crippen LogP contribution in [0.1, 0.15) is 49.8 Å². The molecule has 0 N–H and O–H groups in total. The first-order valence-corrected chi connectivity index (χ1v) is 10.4. The zero-order chi connectivity index (χ0) is 25.0. The average molecular weight is 496 g/mol. The molecule has 0 aliphatic carbocycles. The number of halogens is 8. The molecule has 3 rings (SSSR count). The van der Waals surface area contributed by atoms with Crippen molar-refractivity contribution in [2.75, 3.05) is 6.61 Å². The van der Waals surface area contributed by atoms with Crippen LogP contribution in [0, 0.1) is 29.2 Å². The van der Waals surface area contributed by atoms with E-state index in [0.29, 0.717) is 31.1 Å². The van der Waals surface area contributed by atoms with E-state index >= 15 is 0 Å². The lowest BCUT2D eigenvalue weighted by molar-refractivity contribution is -0.189. The maximum Gasteiger partial charge on any atom is 0.432 e. The number of alkyl halides is 2. The molecule has 1 saturated heterocycles. The average Bonchev–Trinajstić information content (AvgIpc) is 2.72. The summed E-state index contributed by atoms with van der Waals surface area (Å²) in [6.45, 7) is 2.40. The Bertz CT molecular complexity index is 998. The maximum atomic E-state index is 14.6. The van der Waals surface area contributed by atoms with Gasteiger partial charge in [0.05, 0.1) is 12.7 Å². The van der Waals surface area contributed by atoms with Crippen molar-refractivity contribution >= 4 is 0 Å². The van der Waals surface area contributed by atoms with Crippen LogP contribution in [-0.4, -0.2) is 6.61 Å². The highest BCUT2D eigenvalue weighted by Gasteiger charge is 2.42. The van der Waals surface area contributed by atoms with E-state index in [-0.39, 0.29) is 24.0 Å². The van der Waals surface area contributed by atoms with Gasteiger partial charge in [-0.2, -0.15) is 17.6 Å². The van der Waals surface area contributed by atoms with Crippen LogP contribution in [0.3, 0.4) is 0 Å². The van der Waals surface area contributed by atoms with Gasteiger partial charge in [-0.05, 0) is 42.9 Å². The molecule has 2 aromatic carbocycles. The highest BCUT2D eigenvalue weighted by molar-refractivity contribution is 5.37. The van der Waals surface area contributed by atoms with E-state index in [2.05, 4.69) is 9.47 Å². The fourth-order valence-electron chi connectivity index (χ4n) is 3.77. The summed E-state index contributed by atoms with van der Waals surface area (Å²) in [5.74, 6) is -8.73. The summed E-state index contributed by atoms with van der Waals surface area (Å²) < 4.78 is 124. The third-order valence-corrected chi connectivity index (χ3v) is 5.28. The number of rotatable bonds is 8. The Kier molecular flexibility index (Phi) is 8.06. The second-order valence-corrected chi connectivity index (χ2v) is 7.77. The number of ether oxygens (including phenoxy) is 3. The summed E-state index contributed by atoms with van der Waals surface area (Å²) in [5.41, 5.74) is -1.73. The Morgan fingerprint density at radius 1 is 1.00 bits per heavy atom. The van der Waals surface area contributed by atoms with Gasteiger partial charge in [-0.15, -0.1) is 0 Å². The first kappa shape index (κ1) is 25.8. The van der Waals surface area contributed by atoms with Crippen LogP contribution >= 0.6 is 0 Å². The van der Waals surface area contributed by atoms with E-state index < -0.39 is 58.6 Å². The van der Waals surface area contributed by atoms with Gasteiger partial charge in [0.25, 0.3) is 0 Å². The van der Waals surface area contributed by atoms with Gasteiger partial charge in [0.2, 0.25) is 0 Å². The first-order valence-electron chi connectivity index (χ1n) is 10.4. The van der Waals surface area contributed by atoms with Crippen LogP contribution in [0.5, 0.6) is 11.5 Å². The fraction of sp³-hybridized carbons (Fsp3) is 0.391. The molecule has 1 heterocycles. The van der Waals surface area contributed by atoms with Crippen LogP contribution in [0.4, 0.5) is 35.1 Å². The lowest BCUT2D eigenvalue weighted by atomic mass is 9.91. The molecule has 34 heavy (non-hydrogen) atoms. The minimum absolute atomic E-state index is 0.0382. The Morgan fingerprint density at radius 2 is 1.62 bits per heavy atom. The van der Waals surface area contributed by atoms with Gasteiger partial charge in [-0.1, -0.05) is 13.3 Å². The van der Waals surface area contributed by atoms with Crippen LogP contribution in [0.25, 0.3) is 0 Å². The van der Waals surface area contributed by atoms with Gasteiger partial charge in [0.15, 0.2) is 23.6 Å². The van der Waals surface area contributed by atoms with Gasteiger partial charge in [0.1, 0.15) is 22.9 Å². The van der Waals surface area contributed by atoms with Gasteiger partial charge >= 0.3 is 12.2 Å². The second-order valence-electron chi connectivity index (χ2n) is 7.77. The molecule has 1 aliphatic rings. The molecule has 0 radical (unpaired) electrons. The predicted molar refractivity (Wildman–Crippen MR) is 104 cm³/mol. The lowest BCUT2D eigenvalue weighted by Crippen LogP contribution is -2.26. The summed E-state index contributed by atoms with van der Waals surface area (Å²) in [6.07, 6.45) is -4.88. The molecule has 0 spiro atoms. The molecule has 1 aliphatic heterocycles. The molecular formula is C23H20F8O3. The van der Waals surface area contributed by atoms with Gasteiger partial charge in [-0.3, -0.25) is 0 Å². The monoisotopic (exact) mass is 496 g/mol. The van der Waals surface area contributed by atoms with E-state index in [9.17, 15) is 35.1 Å². The molecule has 1 fully saturated rings. The summed E-state index contributed by atoms with van der Waals surface area (Å²) in [6, 6.07) is 1.80. The van der Waals surface area contributed by atoms with Crippen molar-refractivity contribution in [3.8, 4) is 11.5 Å². The summed E-state index contributed by atoms with van der Waals surface area (Å²) >= 11 is 0. The normalized spacial score (nSPS) is 18.5. The van der Waals surface area contributed by atoms with Gasteiger partial charge < -0.3 is 14.2 Å². The SMILES string of the molecule is CCCC1CCC(c2cc(F)c(C(F)(F)Oc3cc(F)c(OC=C(F)F)c(F)c3)c(F)c2)OC1. The van der Waals surface area contributed by atoms with Gasteiger partial charge in [0, 0.05) is 12.1 Å². The van der Waals surface area contributed by atoms with Crippen LogP contribution in [0.15, 0.2) is 36.6 Å². The van der Waals surface area contributed by atoms with E-state index in [1.54, 1.807) is 0 Å². The van der Waals surface area contributed by atoms with Crippen LogP contribution < -0.4 is 9.47 Å². The third kappa shape index (κ3) is 5.99. The number of hydrogen-bond acceptors (Lipinski definition) is 3. The molecule has 0 aromatic heterocycles. The number of hydrogen-bond donors (Lipinski definition) is 0. The third-order valence-electron chi connectivity index (χ3n) is 5.28. The molecule has 0 saturated carbocycles. The Morgan fingerprint density at radius 3 is 2.12 bits per heavy atom. The minimum atomic E-state index is -4.67. The smallest absolute Gasteiger partial charge is 0.432 e. The largest absolute Gasteiger partial charge is 0.453 e. The molecule has 2 aromatic rings. The van der Waals surface area contributed by atoms with Crippen molar-refractivity contribution in [2.45, 2.75) is 44.8 Å². The second kappa shape index (κ2) is 10.6. The first-order chi connectivity index (χ1) is 16.0. The van der Waals surface area contributed by atoms with Crippen molar-refractivity contribution in [3.63, 3.8) is 0 Å². The highest BCUT2D eigenvalue weighted by Crippen LogP contribution is 2.39. The van der Waals surface area contributed by atoms with E-state index in [4.69, 9.17) is 4.74 Å². The van der Waals surface area contributed by atoms with Crippen molar-refractivity contribution in [3.05, 3.63) is 71.0 Å². The summed E-state index contributed by atoms with van der Waals surface area (Å²) in [5, 5.41) is 0. The summed E-state index contributed by atoms with van der Waals surface area (Å²) in [4.78, 5) is 0. The predicted octanol–water partition coefficient (Wildman–Crippen LogP) is 7.76. The topological polar surface area (TPSA) is 27.7 Å². The van der Waals surface area contributed by atoms with Crippen molar-refractivity contribution in [1.82, 2.24) is 0 Å². The highest BCUT2D eigenvalue weighted by atomic mass is 19.3.